The SMILES string of the molecule is CCC(OC)N1CCN(C(C)OC)CC1. The molecule has 2 unspecified atom stereocenters. The standard InChI is InChI=1S/C11H24N2O2/c1-5-11(15-4)13-8-6-12(7-9-13)10(2)14-3/h10-11H,5-9H2,1-4H3. The van der Waals surface area contributed by atoms with Crippen LogP contribution in [0.15, 0.2) is 0 Å². The zero-order valence-corrected chi connectivity index (χ0v) is 10.4. The summed E-state index contributed by atoms with van der Waals surface area (Å²) >= 11 is 0. The van der Waals surface area contributed by atoms with Gasteiger partial charge < -0.3 is 9.47 Å². The maximum atomic E-state index is 5.44. The number of hydrogen-bond acceptors (Lipinski definition) is 4. The van der Waals surface area contributed by atoms with Crippen LogP contribution in [0.5, 0.6) is 0 Å². The van der Waals surface area contributed by atoms with Gasteiger partial charge in [-0.15, -0.1) is 0 Å². The van der Waals surface area contributed by atoms with Crippen molar-refractivity contribution >= 4 is 0 Å². The fourth-order valence-corrected chi connectivity index (χ4v) is 2.11. The van der Waals surface area contributed by atoms with Crippen LogP contribution in [0.25, 0.3) is 0 Å². The number of ether oxygens (including phenoxy) is 2. The lowest BCUT2D eigenvalue weighted by atomic mass is 10.2. The van der Waals surface area contributed by atoms with Crippen molar-refractivity contribution in [3.05, 3.63) is 0 Å². The predicted molar refractivity (Wildman–Crippen MR) is 60.7 cm³/mol. The van der Waals surface area contributed by atoms with Gasteiger partial charge >= 0.3 is 0 Å². The minimum Gasteiger partial charge on any atom is -0.367 e. The zero-order chi connectivity index (χ0) is 11.3. The summed E-state index contributed by atoms with van der Waals surface area (Å²) in [5, 5.41) is 0. The molecule has 1 heterocycles. The van der Waals surface area contributed by atoms with Gasteiger partial charge in [0.15, 0.2) is 0 Å². The lowest BCUT2D eigenvalue weighted by Crippen LogP contribution is -2.53. The summed E-state index contributed by atoms with van der Waals surface area (Å²) < 4.78 is 10.8. The largest absolute Gasteiger partial charge is 0.367 e. The number of rotatable bonds is 5. The molecule has 4 heteroatoms. The molecule has 0 aromatic heterocycles. The Bertz CT molecular complexity index is 166. The molecule has 0 aromatic rings. The minimum absolute atomic E-state index is 0.231. The number of nitrogens with zero attached hydrogens (tertiary/aromatic N) is 2. The van der Waals surface area contributed by atoms with Crippen LogP contribution in [-0.4, -0.2) is 62.7 Å². The monoisotopic (exact) mass is 216 g/mol. The van der Waals surface area contributed by atoms with Gasteiger partial charge in [0.2, 0.25) is 0 Å². The molecule has 0 bridgehead atoms. The van der Waals surface area contributed by atoms with E-state index in [1.165, 1.54) is 0 Å². The van der Waals surface area contributed by atoms with E-state index in [-0.39, 0.29) is 12.5 Å². The molecule has 15 heavy (non-hydrogen) atoms. The summed E-state index contributed by atoms with van der Waals surface area (Å²) in [4.78, 5) is 4.76. The van der Waals surface area contributed by atoms with Gasteiger partial charge in [0.25, 0.3) is 0 Å². The van der Waals surface area contributed by atoms with Crippen molar-refractivity contribution in [2.45, 2.75) is 32.7 Å². The number of piperazine rings is 1. The lowest BCUT2D eigenvalue weighted by molar-refractivity contribution is -0.0890. The van der Waals surface area contributed by atoms with E-state index in [2.05, 4.69) is 23.6 Å². The molecule has 1 aliphatic rings. The molecule has 1 rings (SSSR count). The maximum Gasteiger partial charge on any atom is 0.110 e. The molecule has 0 aromatic carbocycles. The van der Waals surface area contributed by atoms with Crippen LogP contribution in [0, 0.1) is 0 Å². The molecule has 0 radical (unpaired) electrons. The highest BCUT2D eigenvalue weighted by molar-refractivity contribution is 4.74. The third-order valence-corrected chi connectivity index (χ3v) is 3.23. The average Bonchev–Trinajstić information content (AvgIpc) is 2.30. The van der Waals surface area contributed by atoms with Gasteiger partial charge in [-0.1, -0.05) is 6.92 Å². The van der Waals surface area contributed by atoms with Crippen LogP contribution in [0.2, 0.25) is 0 Å². The highest BCUT2D eigenvalue weighted by atomic mass is 16.5. The Kier molecular flexibility index (Phi) is 5.53. The van der Waals surface area contributed by atoms with Gasteiger partial charge in [-0.05, 0) is 13.3 Å². The molecule has 1 aliphatic heterocycles. The highest BCUT2D eigenvalue weighted by Crippen LogP contribution is 2.11. The Morgan fingerprint density at radius 3 is 1.93 bits per heavy atom. The van der Waals surface area contributed by atoms with Crippen molar-refractivity contribution in [1.82, 2.24) is 9.80 Å². The van der Waals surface area contributed by atoms with Gasteiger partial charge in [-0.3, -0.25) is 9.80 Å². The van der Waals surface area contributed by atoms with Crippen molar-refractivity contribution in [2.75, 3.05) is 40.4 Å². The Labute approximate surface area is 93.1 Å². The van der Waals surface area contributed by atoms with Crippen LogP contribution in [0.1, 0.15) is 20.3 Å². The van der Waals surface area contributed by atoms with E-state index in [1.54, 1.807) is 14.2 Å². The van der Waals surface area contributed by atoms with Crippen LogP contribution >= 0.6 is 0 Å². The summed E-state index contributed by atoms with van der Waals surface area (Å²) in [7, 11) is 3.55. The van der Waals surface area contributed by atoms with Crippen LogP contribution in [-0.2, 0) is 9.47 Å². The van der Waals surface area contributed by atoms with E-state index in [1.807, 2.05) is 0 Å². The summed E-state index contributed by atoms with van der Waals surface area (Å²) in [6.07, 6.45) is 1.57. The third-order valence-electron chi connectivity index (χ3n) is 3.23. The van der Waals surface area contributed by atoms with Gasteiger partial charge in [0.1, 0.15) is 12.5 Å². The molecule has 0 amide bonds. The van der Waals surface area contributed by atoms with E-state index < -0.39 is 0 Å². The molecule has 1 saturated heterocycles. The second kappa shape index (κ2) is 6.43. The fourth-order valence-electron chi connectivity index (χ4n) is 2.11. The summed E-state index contributed by atoms with van der Waals surface area (Å²) in [5.74, 6) is 0. The second-order valence-electron chi connectivity index (χ2n) is 4.01. The van der Waals surface area contributed by atoms with Gasteiger partial charge in [-0.25, -0.2) is 0 Å². The van der Waals surface area contributed by atoms with Crippen LogP contribution < -0.4 is 0 Å². The first-order chi connectivity index (χ1) is 7.22. The number of methoxy groups -OCH3 is 2. The molecule has 2 atom stereocenters. The normalized spacial score (nSPS) is 24.0. The van der Waals surface area contributed by atoms with E-state index in [0.717, 1.165) is 32.6 Å². The molecule has 1 fully saturated rings. The molecular formula is C11H24N2O2. The quantitative estimate of drug-likeness (QED) is 0.684. The molecule has 0 N–H and O–H groups in total. The Balaban J connectivity index is 2.34. The van der Waals surface area contributed by atoms with Gasteiger partial charge in [-0.2, -0.15) is 0 Å². The van der Waals surface area contributed by atoms with Crippen LogP contribution in [0.3, 0.4) is 0 Å². The van der Waals surface area contributed by atoms with E-state index in [4.69, 9.17) is 9.47 Å². The van der Waals surface area contributed by atoms with Gasteiger partial charge in [0, 0.05) is 40.4 Å². The smallest absolute Gasteiger partial charge is 0.110 e. The van der Waals surface area contributed by atoms with Crippen molar-refractivity contribution in [3.8, 4) is 0 Å². The molecule has 0 spiro atoms. The van der Waals surface area contributed by atoms with Gasteiger partial charge in [0.05, 0.1) is 0 Å². The van der Waals surface area contributed by atoms with Crippen molar-refractivity contribution in [1.29, 1.82) is 0 Å². The van der Waals surface area contributed by atoms with E-state index in [0.29, 0.717) is 0 Å². The molecular weight excluding hydrogens is 192 g/mol. The van der Waals surface area contributed by atoms with E-state index in [9.17, 15) is 0 Å². The average molecular weight is 216 g/mol. The predicted octanol–water partition coefficient (Wildman–Crippen LogP) is 0.979. The Morgan fingerprint density at radius 1 is 1.00 bits per heavy atom. The Hall–Kier alpha value is -0.160. The van der Waals surface area contributed by atoms with Crippen molar-refractivity contribution in [2.24, 2.45) is 0 Å². The molecule has 4 nitrogen and oxygen atoms in total. The first-order valence-electron chi connectivity index (χ1n) is 5.76. The van der Waals surface area contributed by atoms with Crippen LogP contribution in [0.4, 0.5) is 0 Å². The molecule has 0 aliphatic carbocycles. The van der Waals surface area contributed by atoms with Crippen molar-refractivity contribution < 1.29 is 9.47 Å². The van der Waals surface area contributed by atoms with Crippen molar-refractivity contribution in [3.63, 3.8) is 0 Å². The second-order valence-corrected chi connectivity index (χ2v) is 4.01. The summed E-state index contributed by atoms with van der Waals surface area (Å²) in [6, 6.07) is 0. The zero-order valence-electron chi connectivity index (χ0n) is 10.4. The first kappa shape index (κ1) is 12.9. The first-order valence-corrected chi connectivity index (χ1v) is 5.76. The van der Waals surface area contributed by atoms with E-state index >= 15 is 0 Å². The highest BCUT2D eigenvalue weighted by Gasteiger charge is 2.24. The minimum atomic E-state index is 0.231. The molecule has 90 valence electrons. The maximum absolute atomic E-state index is 5.44. The Morgan fingerprint density at radius 2 is 1.53 bits per heavy atom. The lowest BCUT2D eigenvalue weighted by Gasteiger charge is -2.40. The third kappa shape index (κ3) is 3.41. The summed E-state index contributed by atoms with van der Waals surface area (Å²) in [6.45, 7) is 8.53. The summed E-state index contributed by atoms with van der Waals surface area (Å²) in [5.41, 5.74) is 0. The fraction of sp³-hybridized carbons (Fsp3) is 1.00. The number of hydrogen-bond donors (Lipinski definition) is 0. The molecule has 0 saturated carbocycles. The topological polar surface area (TPSA) is 24.9 Å².